The van der Waals surface area contributed by atoms with E-state index in [1.165, 1.54) is 0 Å². The van der Waals surface area contributed by atoms with Gasteiger partial charge in [0.25, 0.3) is 0 Å². The Balaban J connectivity index is 2.64. The van der Waals surface area contributed by atoms with Crippen LogP contribution in [0.2, 0.25) is 5.15 Å². The zero-order valence-electron chi connectivity index (χ0n) is 10.7. The maximum atomic E-state index is 6.17. The molecule has 0 aliphatic carbocycles. The molecular weight excluding hydrogens is 252 g/mol. The number of ether oxygens (including phenoxy) is 2. The number of hydrogen-bond donors (Lipinski definition) is 0. The van der Waals surface area contributed by atoms with Crippen molar-refractivity contribution >= 4 is 22.5 Å². The molecule has 0 N–H and O–H groups in total. The molecule has 4 nitrogen and oxygen atoms in total. The average molecular weight is 267 g/mol. The molecule has 0 aliphatic rings. The Hall–Kier alpha value is -1.55. The molecule has 1 heterocycles. The van der Waals surface area contributed by atoms with Crippen molar-refractivity contribution in [1.82, 2.24) is 9.97 Å². The van der Waals surface area contributed by atoms with E-state index in [0.717, 1.165) is 29.6 Å². The Kier molecular flexibility index (Phi) is 3.87. The number of halogens is 1. The molecule has 0 bridgehead atoms. The van der Waals surface area contributed by atoms with Crippen LogP contribution in [0.3, 0.4) is 0 Å². The van der Waals surface area contributed by atoms with Gasteiger partial charge in [0.15, 0.2) is 11.5 Å². The van der Waals surface area contributed by atoms with Gasteiger partial charge in [0.1, 0.15) is 11.0 Å². The summed E-state index contributed by atoms with van der Waals surface area (Å²) in [6, 6.07) is 3.62. The minimum atomic E-state index is 0.449. The van der Waals surface area contributed by atoms with Gasteiger partial charge in [-0.1, -0.05) is 18.5 Å². The van der Waals surface area contributed by atoms with E-state index in [9.17, 15) is 0 Å². The van der Waals surface area contributed by atoms with Crippen LogP contribution in [0, 0.1) is 0 Å². The second-order valence-electron chi connectivity index (χ2n) is 3.90. The third-order valence-electron chi connectivity index (χ3n) is 2.67. The Labute approximate surface area is 111 Å². The fourth-order valence-electron chi connectivity index (χ4n) is 1.80. The number of methoxy groups -OCH3 is 2. The molecule has 2 rings (SSSR count). The molecule has 1 aromatic heterocycles. The van der Waals surface area contributed by atoms with Crippen LogP contribution < -0.4 is 9.47 Å². The highest BCUT2D eigenvalue weighted by Crippen LogP contribution is 2.33. The molecule has 0 fully saturated rings. The molecule has 18 heavy (non-hydrogen) atoms. The van der Waals surface area contributed by atoms with Gasteiger partial charge in [-0.05, 0) is 12.5 Å². The molecule has 0 saturated carbocycles. The SMILES string of the molecule is CCCc1nc(Cl)c2cc(OC)c(OC)cc2n1. The van der Waals surface area contributed by atoms with Crippen molar-refractivity contribution in [3.63, 3.8) is 0 Å². The molecule has 0 spiro atoms. The average Bonchev–Trinajstić information content (AvgIpc) is 2.37. The van der Waals surface area contributed by atoms with Crippen LogP contribution in [0.1, 0.15) is 19.2 Å². The zero-order chi connectivity index (χ0) is 13.1. The summed E-state index contributed by atoms with van der Waals surface area (Å²) in [7, 11) is 3.18. The van der Waals surface area contributed by atoms with Crippen LogP contribution >= 0.6 is 11.6 Å². The van der Waals surface area contributed by atoms with Gasteiger partial charge in [0.05, 0.1) is 19.7 Å². The number of aryl methyl sites for hydroxylation is 1. The van der Waals surface area contributed by atoms with Gasteiger partial charge in [-0.3, -0.25) is 0 Å². The second-order valence-corrected chi connectivity index (χ2v) is 4.26. The van der Waals surface area contributed by atoms with Crippen LogP contribution in [-0.4, -0.2) is 24.2 Å². The van der Waals surface area contributed by atoms with Gasteiger partial charge >= 0.3 is 0 Å². The van der Waals surface area contributed by atoms with Crippen LogP contribution in [0.25, 0.3) is 10.9 Å². The van der Waals surface area contributed by atoms with E-state index < -0.39 is 0 Å². The normalized spacial score (nSPS) is 10.7. The lowest BCUT2D eigenvalue weighted by Crippen LogP contribution is -1.98. The van der Waals surface area contributed by atoms with E-state index >= 15 is 0 Å². The van der Waals surface area contributed by atoms with Gasteiger partial charge in [-0.2, -0.15) is 0 Å². The van der Waals surface area contributed by atoms with Crippen molar-refractivity contribution < 1.29 is 9.47 Å². The van der Waals surface area contributed by atoms with Gasteiger partial charge in [-0.25, -0.2) is 9.97 Å². The highest BCUT2D eigenvalue weighted by molar-refractivity contribution is 6.34. The van der Waals surface area contributed by atoms with Crippen molar-refractivity contribution in [3.8, 4) is 11.5 Å². The molecule has 0 aliphatic heterocycles. The van der Waals surface area contributed by atoms with Crippen LogP contribution in [0.5, 0.6) is 11.5 Å². The molecule has 2 aromatic rings. The minimum Gasteiger partial charge on any atom is -0.493 e. The first-order valence-electron chi connectivity index (χ1n) is 5.77. The fraction of sp³-hybridized carbons (Fsp3) is 0.385. The number of fused-ring (bicyclic) bond motifs is 1. The monoisotopic (exact) mass is 266 g/mol. The molecule has 96 valence electrons. The third kappa shape index (κ3) is 2.34. The molecule has 0 atom stereocenters. The zero-order valence-corrected chi connectivity index (χ0v) is 11.4. The van der Waals surface area contributed by atoms with Crippen molar-refractivity contribution in [2.24, 2.45) is 0 Å². The summed E-state index contributed by atoms with van der Waals surface area (Å²) in [5, 5.41) is 1.22. The third-order valence-corrected chi connectivity index (χ3v) is 2.96. The first-order valence-corrected chi connectivity index (χ1v) is 6.15. The van der Waals surface area contributed by atoms with Crippen molar-refractivity contribution in [2.45, 2.75) is 19.8 Å². The van der Waals surface area contributed by atoms with Gasteiger partial charge in [0.2, 0.25) is 0 Å². The molecule has 0 radical (unpaired) electrons. The molecule has 0 unspecified atom stereocenters. The number of hydrogen-bond acceptors (Lipinski definition) is 4. The summed E-state index contributed by atoms with van der Waals surface area (Å²) in [6.45, 7) is 2.08. The highest BCUT2D eigenvalue weighted by atomic mass is 35.5. The standard InChI is InChI=1S/C13H15ClN2O2/c1-4-5-12-15-9-7-11(18-3)10(17-2)6-8(9)13(14)16-12/h6-7H,4-5H2,1-3H3. The van der Waals surface area contributed by atoms with E-state index in [0.29, 0.717) is 16.7 Å². The summed E-state index contributed by atoms with van der Waals surface area (Å²) in [5.74, 6) is 2.02. The predicted molar refractivity (Wildman–Crippen MR) is 71.6 cm³/mol. The molecule has 5 heteroatoms. The van der Waals surface area contributed by atoms with E-state index in [1.54, 1.807) is 20.3 Å². The number of aromatic nitrogens is 2. The van der Waals surface area contributed by atoms with Crippen LogP contribution in [0.15, 0.2) is 12.1 Å². The van der Waals surface area contributed by atoms with Gasteiger partial charge in [-0.15, -0.1) is 0 Å². The topological polar surface area (TPSA) is 44.2 Å². The maximum absolute atomic E-state index is 6.17. The smallest absolute Gasteiger partial charge is 0.162 e. The number of benzene rings is 1. The lowest BCUT2D eigenvalue weighted by atomic mass is 10.2. The van der Waals surface area contributed by atoms with Gasteiger partial charge < -0.3 is 9.47 Å². The fourth-order valence-corrected chi connectivity index (χ4v) is 2.05. The predicted octanol–water partition coefficient (Wildman–Crippen LogP) is 3.25. The van der Waals surface area contributed by atoms with Crippen LogP contribution in [-0.2, 0) is 6.42 Å². The van der Waals surface area contributed by atoms with E-state index in [2.05, 4.69) is 16.9 Å². The molecular formula is C13H15ClN2O2. The molecule has 0 saturated heterocycles. The first kappa shape index (κ1) is 12.9. The Morgan fingerprint density at radius 1 is 1.11 bits per heavy atom. The Morgan fingerprint density at radius 2 is 1.78 bits per heavy atom. The van der Waals surface area contributed by atoms with E-state index in [-0.39, 0.29) is 0 Å². The quantitative estimate of drug-likeness (QED) is 0.797. The van der Waals surface area contributed by atoms with E-state index in [1.807, 2.05) is 6.07 Å². The van der Waals surface area contributed by atoms with Crippen molar-refractivity contribution in [2.75, 3.05) is 14.2 Å². The first-order chi connectivity index (χ1) is 8.69. The molecule has 0 amide bonds. The van der Waals surface area contributed by atoms with Crippen molar-refractivity contribution in [1.29, 1.82) is 0 Å². The van der Waals surface area contributed by atoms with Crippen molar-refractivity contribution in [3.05, 3.63) is 23.1 Å². The Morgan fingerprint density at radius 3 is 2.39 bits per heavy atom. The highest BCUT2D eigenvalue weighted by Gasteiger charge is 2.11. The van der Waals surface area contributed by atoms with E-state index in [4.69, 9.17) is 21.1 Å². The second kappa shape index (κ2) is 5.40. The summed E-state index contributed by atoms with van der Waals surface area (Å²) < 4.78 is 10.5. The molecule has 1 aromatic carbocycles. The van der Waals surface area contributed by atoms with Gasteiger partial charge in [0, 0.05) is 17.9 Å². The maximum Gasteiger partial charge on any atom is 0.162 e. The largest absolute Gasteiger partial charge is 0.493 e. The van der Waals surface area contributed by atoms with Crippen LogP contribution in [0.4, 0.5) is 0 Å². The lowest BCUT2D eigenvalue weighted by molar-refractivity contribution is 0.355. The lowest BCUT2D eigenvalue weighted by Gasteiger charge is -2.10. The number of rotatable bonds is 4. The summed E-state index contributed by atoms with van der Waals surface area (Å²) >= 11 is 6.17. The minimum absolute atomic E-state index is 0.449. The summed E-state index contributed by atoms with van der Waals surface area (Å²) in [6.07, 6.45) is 1.79. The number of nitrogens with zero attached hydrogens (tertiary/aromatic N) is 2. The summed E-state index contributed by atoms with van der Waals surface area (Å²) in [5.41, 5.74) is 0.774. The summed E-state index contributed by atoms with van der Waals surface area (Å²) in [4.78, 5) is 8.76. The Bertz CT molecular complexity index is 572.